The van der Waals surface area contributed by atoms with Crippen LogP contribution in [0.1, 0.15) is 34.1 Å². The van der Waals surface area contributed by atoms with Crippen molar-refractivity contribution in [3.8, 4) is 0 Å². The van der Waals surface area contributed by atoms with Crippen LogP contribution < -0.4 is 16.4 Å². The summed E-state index contributed by atoms with van der Waals surface area (Å²) in [7, 11) is 0. The summed E-state index contributed by atoms with van der Waals surface area (Å²) in [6.07, 6.45) is -4.41. The molecule has 1 fully saturated rings. The van der Waals surface area contributed by atoms with Crippen molar-refractivity contribution < 1.29 is 57.1 Å². The van der Waals surface area contributed by atoms with E-state index < -0.39 is 54.5 Å². The van der Waals surface area contributed by atoms with Crippen molar-refractivity contribution in [1.82, 2.24) is 10.6 Å². The summed E-state index contributed by atoms with van der Waals surface area (Å²) in [5, 5.41) is 5.24. The molecule has 38 heavy (non-hydrogen) atoms. The van der Waals surface area contributed by atoms with E-state index in [1.54, 1.807) is 0 Å². The Balaban J connectivity index is 2.71. The van der Waals surface area contributed by atoms with E-state index >= 15 is 0 Å². The molecule has 5 atom stereocenters. The maximum Gasteiger partial charge on any atom is 0.303 e. The largest absolute Gasteiger partial charge is 0.463 e. The van der Waals surface area contributed by atoms with Crippen molar-refractivity contribution in [1.29, 1.82) is 0 Å². The third-order valence-electron chi connectivity index (χ3n) is 4.89. The van der Waals surface area contributed by atoms with Crippen molar-refractivity contribution in [3.63, 3.8) is 0 Å². The fourth-order valence-corrected chi connectivity index (χ4v) is 3.44. The zero-order valence-corrected chi connectivity index (χ0v) is 22.2. The van der Waals surface area contributed by atoms with Gasteiger partial charge in [-0.3, -0.25) is 24.0 Å². The third-order valence-corrected chi connectivity index (χ3v) is 4.89. The summed E-state index contributed by atoms with van der Waals surface area (Å²) in [5.41, 5.74) is 5.31. The predicted molar refractivity (Wildman–Crippen MR) is 128 cm³/mol. The minimum atomic E-state index is -1.20. The van der Waals surface area contributed by atoms with Gasteiger partial charge in [-0.25, -0.2) is 0 Å². The van der Waals surface area contributed by atoms with Gasteiger partial charge >= 0.3 is 17.9 Å². The first-order valence-electron chi connectivity index (χ1n) is 12.2. The fourth-order valence-electron chi connectivity index (χ4n) is 3.44. The Morgan fingerprint density at radius 1 is 0.816 bits per heavy atom. The van der Waals surface area contributed by atoms with E-state index in [4.69, 9.17) is 38.9 Å². The van der Waals surface area contributed by atoms with Gasteiger partial charge in [-0.1, -0.05) is 0 Å². The summed E-state index contributed by atoms with van der Waals surface area (Å²) in [6.45, 7) is 6.04. The van der Waals surface area contributed by atoms with Crippen LogP contribution in [-0.4, -0.2) is 113 Å². The molecule has 4 N–H and O–H groups in total. The Bertz CT molecular complexity index is 781. The molecular weight excluding hydrogens is 510 g/mol. The second-order valence-corrected chi connectivity index (χ2v) is 8.20. The van der Waals surface area contributed by atoms with Crippen LogP contribution in [0.25, 0.3) is 0 Å². The molecule has 0 spiro atoms. The van der Waals surface area contributed by atoms with Crippen LogP contribution in [0.5, 0.6) is 0 Å². The first-order chi connectivity index (χ1) is 18.0. The lowest BCUT2D eigenvalue weighted by atomic mass is 9.96. The molecule has 5 unspecified atom stereocenters. The quantitative estimate of drug-likeness (QED) is 0.104. The highest BCUT2D eigenvalue weighted by Gasteiger charge is 2.51. The standard InChI is InChI=1S/C23H39N3O12/c1-14(27)26-20-22(37-17(4)30)21(36-16(3)29)18(13-35-15(2)28)38-23(20)34-12-11-33-10-9-32-8-5-19(31)25-7-6-24/h18,20-23H,5-13,24H2,1-4H3,(H,25,31)(H,26,27). The van der Waals surface area contributed by atoms with Gasteiger partial charge in [-0.05, 0) is 0 Å². The lowest BCUT2D eigenvalue weighted by Gasteiger charge is -2.44. The number of esters is 3. The van der Waals surface area contributed by atoms with Crippen molar-refractivity contribution in [2.75, 3.05) is 52.7 Å². The maximum absolute atomic E-state index is 11.9. The monoisotopic (exact) mass is 549 g/mol. The van der Waals surface area contributed by atoms with Crippen molar-refractivity contribution in [3.05, 3.63) is 0 Å². The molecule has 2 amide bonds. The summed E-state index contributed by atoms with van der Waals surface area (Å²) in [6, 6.07) is -1.05. The molecule has 0 bridgehead atoms. The Morgan fingerprint density at radius 3 is 2.00 bits per heavy atom. The van der Waals surface area contributed by atoms with Gasteiger partial charge < -0.3 is 49.5 Å². The van der Waals surface area contributed by atoms with Gasteiger partial charge in [0.05, 0.1) is 33.0 Å². The zero-order valence-electron chi connectivity index (χ0n) is 22.2. The first kappa shape index (κ1) is 33.2. The lowest BCUT2D eigenvalue weighted by Crippen LogP contribution is -2.66. The van der Waals surface area contributed by atoms with Crippen LogP contribution >= 0.6 is 0 Å². The van der Waals surface area contributed by atoms with Crippen molar-refractivity contribution >= 4 is 29.7 Å². The number of nitrogens with two attached hydrogens (primary N) is 1. The van der Waals surface area contributed by atoms with E-state index in [0.29, 0.717) is 13.1 Å². The molecule has 1 heterocycles. The van der Waals surface area contributed by atoms with E-state index in [0.717, 1.165) is 13.8 Å². The van der Waals surface area contributed by atoms with Crippen LogP contribution in [0.3, 0.4) is 0 Å². The number of ether oxygens (including phenoxy) is 7. The highest BCUT2D eigenvalue weighted by atomic mass is 16.7. The van der Waals surface area contributed by atoms with Gasteiger partial charge in [0.15, 0.2) is 18.5 Å². The molecule has 0 aromatic carbocycles. The van der Waals surface area contributed by atoms with Crippen LogP contribution in [-0.2, 0) is 57.1 Å². The minimum Gasteiger partial charge on any atom is -0.463 e. The average molecular weight is 550 g/mol. The smallest absolute Gasteiger partial charge is 0.303 e. The Hall–Kier alpha value is -2.85. The zero-order chi connectivity index (χ0) is 28.5. The number of carbonyl (C=O) groups is 5. The Labute approximate surface area is 221 Å². The third kappa shape index (κ3) is 13.6. The molecule has 15 nitrogen and oxygen atoms in total. The SMILES string of the molecule is CC(=O)NC1C(OCCOCCOCCC(=O)NCCN)OC(COC(C)=O)C(OC(C)=O)C1OC(C)=O. The molecule has 1 aliphatic rings. The van der Waals surface area contributed by atoms with E-state index in [9.17, 15) is 24.0 Å². The molecule has 1 rings (SSSR count). The highest BCUT2D eigenvalue weighted by molar-refractivity contribution is 5.76. The minimum absolute atomic E-state index is 0.00750. The molecule has 15 heteroatoms. The van der Waals surface area contributed by atoms with Gasteiger partial charge in [0.2, 0.25) is 11.8 Å². The van der Waals surface area contributed by atoms with E-state index in [1.165, 1.54) is 13.8 Å². The predicted octanol–water partition coefficient (Wildman–Crippen LogP) is -1.84. The van der Waals surface area contributed by atoms with Gasteiger partial charge in [0.1, 0.15) is 18.8 Å². The highest BCUT2D eigenvalue weighted by Crippen LogP contribution is 2.28. The number of hydrogen-bond acceptors (Lipinski definition) is 13. The van der Waals surface area contributed by atoms with Crippen LogP contribution in [0.4, 0.5) is 0 Å². The number of carbonyl (C=O) groups excluding carboxylic acids is 5. The van der Waals surface area contributed by atoms with Crippen LogP contribution in [0, 0.1) is 0 Å². The van der Waals surface area contributed by atoms with Crippen LogP contribution in [0.2, 0.25) is 0 Å². The summed E-state index contributed by atoms with van der Waals surface area (Å²) < 4.78 is 38.2. The average Bonchev–Trinajstić information content (AvgIpc) is 2.82. The molecule has 0 aromatic heterocycles. The number of hydrogen-bond donors (Lipinski definition) is 3. The van der Waals surface area contributed by atoms with Gasteiger partial charge in [0, 0.05) is 47.2 Å². The number of amides is 2. The summed E-state index contributed by atoms with van der Waals surface area (Å²) in [4.78, 5) is 58.3. The summed E-state index contributed by atoms with van der Waals surface area (Å²) in [5.74, 6) is -2.63. The van der Waals surface area contributed by atoms with E-state index in [2.05, 4.69) is 10.6 Å². The molecule has 0 aliphatic carbocycles. The number of nitrogens with one attached hydrogen (secondary N) is 2. The van der Waals surface area contributed by atoms with E-state index in [1.807, 2.05) is 0 Å². The van der Waals surface area contributed by atoms with Gasteiger partial charge in [-0.15, -0.1) is 0 Å². The Kier molecular flexibility index (Phi) is 16.1. The lowest BCUT2D eigenvalue weighted by molar-refractivity contribution is -0.279. The number of rotatable bonds is 17. The molecule has 1 aliphatic heterocycles. The maximum atomic E-state index is 11.9. The summed E-state index contributed by atoms with van der Waals surface area (Å²) >= 11 is 0. The fraction of sp³-hybridized carbons (Fsp3) is 0.783. The van der Waals surface area contributed by atoms with Crippen molar-refractivity contribution in [2.24, 2.45) is 5.73 Å². The molecule has 0 saturated carbocycles. The molecule has 1 saturated heterocycles. The second-order valence-electron chi connectivity index (χ2n) is 8.20. The van der Waals surface area contributed by atoms with Gasteiger partial charge in [-0.2, -0.15) is 0 Å². The molecular formula is C23H39N3O12. The first-order valence-corrected chi connectivity index (χ1v) is 12.2. The van der Waals surface area contributed by atoms with Gasteiger partial charge in [0.25, 0.3) is 0 Å². The molecule has 0 radical (unpaired) electrons. The normalized spacial score (nSPS) is 22.7. The second kappa shape index (κ2) is 18.4. The Morgan fingerprint density at radius 2 is 1.42 bits per heavy atom. The van der Waals surface area contributed by atoms with Crippen molar-refractivity contribution in [2.45, 2.75) is 64.8 Å². The molecule has 0 aromatic rings. The molecule has 218 valence electrons. The van der Waals surface area contributed by atoms with E-state index in [-0.39, 0.29) is 52.0 Å². The topological polar surface area (TPSA) is 200 Å². The van der Waals surface area contributed by atoms with Crippen LogP contribution in [0.15, 0.2) is 0 Å².